The number of aliphatic hydroxyl groups is 4. The molecule has 5 rings (SSSR count). The predicted octanol–water partition coefficient (Wildman–Crippen LogP) is 2.10. The molecular weight excluding hydrogens is 1930 g/mol. The molecule has 147 heavy (non-hydrogen) atoms. The minimum absolute atomic E-state index is 0.0127. The van der Waals surface area contributed by atoms with Crippen LogP contribution in [0.25, 0.3) is 0 Å². The van der Waals surface area contributed by atoms with Crippen molar-refractivity contribution in [3.63, 3.8) is 0 Å². The second kappa shape index (κ2) is 70.2. The van der Waals surface area contributed by atoms with Crippen LogP contribution in [0.4, 0.5) is 15.3 Å². The average molecular weight is 2100 g/mol. The van der Waals surface area contributed by atoms with E-state index in [0.29, 0.717) is 162 Å². The number of anilines is 1. The number of alkyl carbamates (subject to hydrolysis) is 1. The number of amides is 12. The van der Waals surface area contributed by atoms with Crippen LogP contribution in [0.15, 0.2) is 60.7 Å². The minimum Gasteiger partial charge on any atom is -0.479 e. The summed E-state index contributed by atoms with van der Waals surface area (Å²) in [6.45, 7) is 26.6. The Balaban J connectivity index is 1.15. The molecule has 12 N–H and O–H groups in total. The molecule has 0 aliphatic carbocycles. The second-order valence-electron chi connectivity index (χ2n) is 37.3. The summed E-state index contributed by atoms with van der Waals surface area (Å²) in [5, 5.41) is 71.9. The molecule has 2 aromatic rings. The topological polar surface area (TPSA) is 586 Å². The first-order chi connectivity index (χ1) is 70.2. The van der Waals surface area contributed by atoms with Crippen LogP contribution >= 0.6 is 0 Å². The number of aliphatic hydroxyl groups excluding tert-OH is 4. The summed E-state index contributed by atoms with van der Waals surface area (Å²) in [6.07, 6.45) is -12.1. The third-order valence-corrected chi connectivity index (χ3v) is 24.3. The fraction of sp³-hybridized carbons (Fsp3) is 0.730. The van der Waals surface area contributed by atoms with E-state index in [2.05, 4.69) is 37.2 Å². The summed E-state index contributed by atoms with van der Waals surface area (Å²) in [4.78, 5) is 185. The number of hydrogen-bond acceptors (Lipinski definition) is 35. The maximum Gasteiger partial charge on any atom is 0.410 e. The van der Waals surface area contributed by atoms with Gasteiger partial charge in [-0.3, -0.25) is 57.7 Å². The van der Waals surface area contributed by atoms with Crippen LogP contribution in [0.3, 0.4) is 0 Å². The van der Waals surface area contributed by atoms with E-state index in [1.807, 2.05) is 19.9 Å². The molecule has 2 fully saturated rings. The first-order valence-corrected chi connectivity index (χ1v) is 50.3. The molecule has 3 aliphatic rings. The zero-order valence-electron chi connectivity index (χ0n) is 88.1. The minimum atomic E-state index is -2.13. The Morgan fingerprint density at radius 3 is 1.61 bits per heavy atom. The number of carbonyl (C=O) groups excluding carboxylic acids is 12. The number of unbranched alkanes of at least 4 members (excludes halogenated alkanes) is 1. The molecule has 1 unspecified atom stereocenters. The van der Waals surface area contributed by atoms with Gasteiger partial charge in [0.25, 0.3) is 11.8 Å². The number of carboxylic acids is 1. The van der Waals surface area contributed by atoms with Crippen molar-refractivity contribution in [2.75, 3.05) is 219 Å². The molecule has 834 valence electrons. The van der Waals surface area contributed by atoms with Crippen molar-refractivity contribution in [1.29, 1.82) is 0 Å². The van der Waals surface area contributed by atoms with Gasteiger partial charge in [-0.25, -0.2) is 14.4 Å². The van der Waals surface area contributed by atoms with Gasteiger partial charge in [-0.15, -0.1) is 0 Å². The number of ether oxygens (including phenoxy) is 18. The SMILES string of the molecule is CC[C@H](C)[C@@H]([C@@H](CC(=O)N1CCC[C@H]1[C@H](OC)[C@@H](C)C(=O)N[C@H](C)[C@@H](O)c1ccccc1)OC)N(C)C(=O)[C@@H](NC(=O)[C@H](C(C)C)N(C)C(=O)OCc1ccc(O[C@@H]2O[C@H](C(=O)O)[C@@H](O)[C@H](O)[C@H]2O)c(NC(=O)CCNC(=O)[C@H](CCCCNC(=O)CCOCCOCCOCCOCCOCCOCCOCCOCCOCCOCCOCCOC)NC(=O)C(CNC(=O)OC(C)(C)C)N2C(=O)C=CC2=O)c1)C(C)C. The van der Waals surface area contributed by atoms with Gasteiger partial charge in [0.1, 0.15) is 60.4 Å². The molecule has 0 saturated carbocycles. The lowest BCUT2D eigenvalue weighted by Crippen LogP contribution is -2.61. The molecule has 3 aliphatic heterocycles. The molecule has 12 amide bonds. The zero-order chi connectivity index (χ0) is 109. The number of rotatable bonds is 76. The Morgan fingerprint density at radius 1 is 0.571 bits per heavy atom. The smallest absolute Gasteiger partial charge is 0.410 e. The number of methoxy groups -OCH3 is 3. The molecule has 47 heteroatoms. The van der Waals surface area contributed by atoms with Gasteiger partial charge in [0.15, 0.2) is 6.10 Å². The summed E-state index contributed by atoms with van der Waals surface area (Å²) >= 11 is 0. The summed E-state index contributed by atoms with van der Waals surface area (Å²) < 4.78 is 100.0. The third kappa shape index (κ3) is 46.2. The number of likely N-dealkylation sites (tertiary alicyclic amines) is 1. The summed E-state index contributed by atoms with van der Waals surface area (Å²) in [7, 11) is 7.44. The monoisotopic (exact) mass is 2090 g/mol. The number of carboxylic acid groups (broad SMARTS) is 1. The van der Waals surface area contributed by atoms with Crippen molar-refractivity contribution in [3.05, 3.63) is 71.8 Å². The second-order valence-corrected chi connectivity index (χ2v) is 37.3. The molecule has 2 aromatic carbocycles. The molecule has 3 heterocycles. The van der Waals surface area contributed by atoms with Crippen molar-refractivity contribution in [2.24, 2.45) is 23.7 Å². The summed E-state index contributed by atoms with van der Waals surface area (Å²) in [5.74, 6) is -11.2. The maximum atomic E-state index is 15.1. The van der Waals surface area contributed by atoms with Gasteiger partial charge in [0.2, 0.25) is 53.5 Å². The van der Waals surface area contributed by atoms with Gasteiger partial charge in [-0.2, -0.15) is 0 Å². The van der Waals surface area contributed by atoms with Crippen LogP contribution in [0.2, 0.25) is 0 Å². The fourth-order valence-electron chi connectivity index (χ4n) is 16.2. The third-order valence-electron chi connectivity index (χ3n) is 24.3. The Morgan fingerprint density at radius 2 is 1.11 bits per heavy atom. The van der Waals surface area contributed by atoms with E-state index < -0.39 is 200 Å². The maximum absolute atomic E-state index is 15.1. The lowest BCUT2D eigenvalue weighted by molar-refractivity contribution is -0.271. The molecule has 47 nitrogen and oxygen atoms in total. The first kappa shape index (κ1) is 128. The van der Waals surface area contributed by atoms with Gasteiger partial charge in [0, 0.05) is 80.1 Å². The van der Waals surface area contributed by atoms with E-state index in [9.17, 15) is 83.1 Å². The number of hydrogen-bond donors (Lipinski definition) is 12. The highest BCUT2D eigenvalue weighted by molar-refractivity contribution is 6.15. The summed E-state index contributed by atoms with van der Waals surface area (Å²) in [5.41, 5.74) is -0.503. The van der Waals surface area contributed by atoms with E-state index in [4.69, 9.17) is 85.3 Å². The number of aliphatic carboxylic acids is 1. The van der Waals surface area contributed by atoms with Crippen LogP contribution in [0.1, 0.15) is 151 Å². The van der Waals surface area contributed by atoms with Gasteiger partial charge in [-0.1, -0.05) is 91.3 Å². The molecule has 0 spiro atoms. The van der Waals surface area contributed by atoms with Crippen molar-refractivity contribution < 1.29 is 173 Å². The Hall–Kier alpha value is -9.87. The van der Waals surface area contributed by atoms with E-state index in [-0.39, 0.29) is 106 Å². The molecule has 0 aromatic heterocycles. The normalized spacial score (nSPS) is 18.6. The summed E-state index contributed by atoms with van der Waals surface area (Å²) in [6, 6.07) is 5.16. The van der Waals surface area contributed by atoms with Crippen molar-refractivity contribution >= 4 is 82.9 Å². The number of likely N-dealkylation sites (N-methyl/N-ethyl adjacent to an activating group) is 2. The van der Waals surface area contributed by atoms with Gasteiger partial charge < -0.3 is 158 Å². The van der Waals surface area contributed by atoms with Gasteiger partial charge in [0.05, 0.1) is 213 Å². The van der Waals surface area contributed by atoms with Crippen LogP contribution in [-0.4, -0.2) is 427 Å². The number of benzene rings is 2. The van der Waals surface area contributed by atoms with Crippen LogP contribution < -0.4 is 42.0 Å². The van der Waals surface area contributed by atoms with E-state index in [0.717, 1.165) is 17.1 Å². The molecule has 0 radical (unpaired) electrons. The number of carbonyl (C=O) groups is 13. The molecular formula is C100H163N11O36. The standard InChI is InChI=1S/C100H163N11O36/c1-17-66(6)84(76(131-15)61-81(116)110-36-23-27-73(110)89(132-16)67(7)91(121)104-68(8)85(117)70-24-19-18-20-25-70)108(12)95(125)82(64(2)3)107-94(124)83(65(4)5)109(13)99(129)144-63-69-28-29-75(145-97-88(120)86(118)87(119)90(146-97)96(126)127)72(60-69)105-78(113)32-35-102-92(122)71(106-93(123)74(111-79(114)30-31-80(111)115)62-103-98(128)147-100(9,10)11)26-21-22-34-101-77(112)33-37-133-40-41-135-44-45-137-48-49-139-52-53-141-56-57-143-59-58-142-55-54-140-51-50-138-47-46-136-43-42-134-39-38-130-14/h18-20,24-25,28-31,60,64-68,71,73-74,76,82-90,97,117-120H,17,21-23,26-27,32-59,61-63H2,1-16H3,(H,101,112)(H,102,122)(H,103,128)(H,104,121)(H,105,113)(H,106,123)(H,107,124)(H,126,127)/t66-,67+,68+,71-,73-,74?,76+,82-,83-,84-,85+,86-,87-,88+,89+,90-,97+/m0/s1. The lowest BCUT2D eigenvalue weighted by atomic mass is 9.89. The van der Waals surface area contributed by atoms with E-state index in [1.54, 1.807) is 106 Å². The Bertz CT molecular complexity index is 4270. The zero-order valence-corrected chi connectivity index (χ0v) is 88.1. The number of nitrogens with zero attached hydrogens (tertiary/aromatic N) is 4. The highest BCUT2D eigenvalue weighted by Crippen LogP contribution is 2.34. The number of imide groups is 1. The van der Waals surface area contributed by atoms with Gasteiger partial charge >= 0.3 is 18.2 Å². The fourth-order valence-corrected chi connectivity index (χ4v) is 16.2. The van der Waals surface area contributed by atoms with Crippen molar-refractivity contribution in [1.82, 2.24) is 51.5 Å². The first-order valence-electron chi connectivity index (χ1n) is 50.3. The van der Waals surface area contributed by atoms with Crippen LogP contribution in [0.5, 0.6) is 5.75 Å². The van der Waals surface area contributed by atoms with Gasteiger partial charge in [-0.05, 0) is 101 Å². The highest BCUT2D eigenvalue weighted by Gasteiger charge is 2.50. The van der Waals surface area contributed by atoms with Crippen LogP contribution in [0, 0.1) is 23.7 Å². The molecule has 17 atom stereocenters. The highest BCUT2D eigenvalue weighted by atomic mass is 16.7. The quantitative estimate of drug-likeness (QED) is 0.0333. The van der Waals surface area contributed by atoms with E-state index in [1.165, 1.54) is 44.4 Å². The van der Waals surface area contributed by atoms with Crippen molar-refractivity contribution in [3.8, 4) is 5.75 Å². The van der Waals surface area contributed by atoms with E-state index >= 15 is 4.79 Å². The van der Waals surface area contributed by atoms with Crippen molar-refractivity contribution in [2.45, 2.75) is 237 Å². The lowest BCUT2D eigenvalue weighted by Gasteiger charge is -2.41. The number of nitrogens with one attached hydrogen (secondary N) is 7. The Labute approximate surface area is 861 Å². The van der Waals surface area contributed by atoms with Crippen LogP contribution in [-0.2, 0) is 140 Å². The average Bonchev–Trinajstić information content (AvgIpc) is 1.17. The molecule has 0 bridgehead atoms. The largest absolute Gasteiger partial charge is 0.479 e. The predicted molar refractivity (Wildman–Crippen MR) is 529 cm³/mol. The molecule has 2 saturated heterocycles. The Kier molecular flexibility index (Phi) is 61.0.